The third kappa shape index (κ3) is 3.05. The van der Waals surface area contributed by atoms with E-state index in [1.54, 1.807) is 18.2 Å². The van der Waals surface area contributed by atoms with Gasteiger partial charge in [-0.25, -0.2) is 8.42 Å². The first-order valence-electron chi connectivity index (χ1n) is 8.80. The zero-order valence-electron chi connectivity index (χ0n) is 15.2. The summed E-state index contributed by atoms with van der Waals surface area (Å²) < 4.78 is 32.9. The Balaban J connectivity index is 1.56. The molecule has 1 aliphatic heterocycles. The minimum absolute atomic E-state index is 0.0165. The highest BCUT2D eigenvalue weighted by atomic mass is 32.2. The van der Waals surface area contributed by atoms with Gasteiger partial charge in [-0.3, -0.25) is 4.31 Å². The Labute approximate surface area is 158 Å². The van der Waals surface area contributed by atoms with Gasteiger partial charge in [-0.1, -0.05) is 36.4 Å². The van der Waals surface area contributed by atoms with E-state index in [4.69, 9.17) is 4.74 Å². The topological polar surface area (TPSA) is 66.8 Å². The van der Waals surface area contributed by atoms with Crippen LogP contribution in [0.3, 0.4) is 0 Å². The first kappa shape index (κ1) is 17.8. The number of nitrogens with zero attached hydrogens (tertiary/aromatic N) is 1. The minimum atomic E-state index is -3.67. The maximum atomic E-state index is 12.9. The first-order valence-corrected chi connectivity index (χ1v) is 10.2. The van der Waals surface area contributed by atoms with E-state index in [0.29, 0.717) is 21.7 Å². The number of ether oxygens (including phenoxy) is 1. The van der Waals surface area contributed by atoms with Gasteiger partial charge in [-0.15, -0.1) is 0 Å². The normalized spacial score (nSPS) is 15.9. The zero-order valence-corrected chi connectivity index (χ0v) is 16.0. The molecule has 6 heteroatoms. The van der Waals surface area contributed by atoms with Crippen molar-refractivity contribution in [3.63, 3.8) is 0 Å². The van der Waals surface area contributed by atoms with E-state index in [-0.39, 0.29) is 13.2 Å². The van der Waals surface area contributed by atoms with Crippen LogP contribution in [0.15, 0.2) is 59.5 Å². The Morgan fingerprint density at radius 3 is 2.59 bits per heavy atom. The number of sulfonamides is 1. The first-order chi connectivity index (χ1) is 12.9. The molecule has 0 saturated heterocycles. The number of rotatable bonds is 5. The van der Waals surface area contributed by atoms with Crippen molar-refractivity contribution in [2.75, 3.05) is 17.5 Å². The number of aliphatic hydroxyl groups is 1. The molecule has 5 nitrogen and oxygen atoms in total. The molecule has 140 valence electrons. The Morgan fingerprint density at radius 2 is 1.81 bits per heavy atom. The molecular weight excluding hydrogens is 362 g/mol. The molecule has 0 saturated carbocycles. The molecule has 0 aromatic heterocycles. The SMILES string of the molecule is Cc1ccc(C)c(OCC(O)CN2c3cccc4cccc(c34)S2(=O)=O)c1. The minimum Gasteiger partial charge on any atom is -0.491 e. The molecule has 4 rings (SSSR count). The van der Waals surface area contributed by atoms with E-state index in [9.17, 15) is 13.5 Å². The molecule has 0 amide bonds. The van der Waals surface area contributed by atoms with Gasteiger partial charge in [0.05, 0.1) is 17.1 Å². The van der Waals surface area contributed by atoms with Gasteiger partial charge in [0.25, 0.3) is 10.0 Å². The Bertz CT molecular complexity index is 1120. The number of anilines is 1. The Hall–Kier alpha value is -2.57. The second kappa shape index (κ2) is 6.55. The molecule has 3 aromatic rings. The summed E-state index contributed by atoms with van der Waals surface area (Å²) in [7, 11) is -3.67. The molecule has 1 aliphatic rings. The zero-order chi connectivity index (χ0) is 19.2. The molecule has 27 heavy (non-hydrogen) atoms. The van der Waals surface area contributed by atoms with Gasteiger partial charge in [0, 0.05) is 5.39 Å². The number of benzene rings is 3. The molecular formula is C21H21NO4S. The van der Waals surface area contributed by atoms with Crippen LogP contribution in [0.5, 0.6) is 5.75 Å². The van der Waals surface area contributed by atoms with Crippen LogP contribution < -0.4 is 9.04 Å². The summed E-state index contributed by atoms with van der Waals surface area (Å²) in [6, 6.07) is 16.6. The van der Waals surface area contributed by atoms with Crippen LogP contribution in [0.25, 0.3) is 10.8 Å². The third-order valence-electron chi connectivity index (χ3n) is 4.83. The van der Waals surface area contributed by atoms with E-state index >= 15 is 0 Å². The van der Waals surface area contributed by atoms with Crippen molar-refractivity contribution in [2.24, 2.45) is 0 Å². The smallest absolute Gasteiger partial charge is 0.265 e. The van der Waals surface area contributed by atoms with Crippen molar-refractivity contribution in [1.29, 1.82) is 0 Å². The van der Waals surface area contributed by atoms with E-state index in [2.05, 4.69) is 0 Å². The molecule has 1 heterocycles. The van der Waals surface area contributed by atoms with Gasteiger partial charge in [0.15, 0.2) is 0 Å². The summed E-state index contributed by atoms with van der Waals surface area (Å²) in [6.45, 7) is 3.87. The number of aryl methyl sites for hydroxylation is 2. The quantitative estimate of drug-likeness (QED) is 0.733. The van der Waals surface area contributed by atoms with Gasteiger partial charge in [0.2, 0.25) is 0 Å². The average molecular weight is 383 g/mol. The van der Waals surface area contributed by atoms with Crippen LogP contribution in [0, 0.1) is 13.8 Å². The molecule has 1 N–H and O–H groups in total. The van der Waals surface area contributed by atoms with Crippen molar-refractivity contribution < 1.29 is 18.3 Å². The van der Waals surface area contributed by atoms with E-state index in [1.165, 1.54) is 4.31 Å². The standard InChI is InChI=1S/C21H21NO4S/c1-14-9-10-15(2)19(11-14)26-13-17(23)12-22-18-7-3-5-16-6-4-8-20(21(16)18)27(22,24)25/h3-11,17,23H,12-13H2,1-2H3. The van der Waals surface area contributed by atoms with Crippen LogP contribution in [-0.4, -0.2) is 32.8 Å². The molecule has 0 radical (unpaired) electrons. The van der Waals surface area contributed by atoms with Crippen LogP contribution in [0.4, 0.5) is 5.69 Å². The highest BCUT2D eigenvalue weighted by molar-refractivity contribution is 7.93. The summed E-state index contributed by atoms with van der Waals surface area (Å²) in [5, 5.41) is 12.0. The summed E-state index contributed by atoms with van der Waals surface area (Å²) in [4.78, 5) is 0.290. The van der Waals surface area contributed by atoms with Gasteiger partial charge >= 0.3 is 0 Å². The fraction of sp³-hybridized carbons (Fsp3) is 0.238. The fourth-order valence-corrected chi connectivity index (χ4v) is 5.20. The largest absolute Gasteiger partial charge is 0.491 e. The second-order valence-electron chi connectivity index (χ2n) is 6.90. The molecule has 0 aliphatic carbocycles. The second-order valence-corrected chi connectivity index (χ2v) is 8.73. The number of β-amino-alcohol motifs (C(OH)–C–C–N with tert-alkyl or cyclic N) is 1. The lowest BCUT2D eigenvalue weighted by Crippen LogP contribution is -2.37. The molecule has 0 spiro atoms. The van der Waals surface area contributed by atoms with Crippen molar-refractivity contribution in [2.45, 2.75) is 24.8 Å². The van der Waals surface area contributed by atoms with Crippen LogP contribution in [0.2, 0.25) is 0 Å². The maximum Gasteiger partial charge on any atom is 0.265 e. The third-order valence-corrected chi connectivity index (χ3v) is 6.65. The fourth-order valence-electron chi connectivity index (χ4n) is 3.45. The van der Waals surface area contributed by atoms with Crippen molar-refractivity contribution in [3.05, 3.63) is 65.7 Å². The lowest BCUT2D eigenvalue weighted by molar-refractivity contribution is 0.114. The predicted molar refractivity (Wildman–Crippen MR) is 106 cm³/mol. The summed E-state index contributed by atoms with van der Waals surface area (Å²) >= 11 is 0. The maximum absolute atomic E-state index is 12.9. The van der Waals surface area contributed by atoms with E-state index in [1.807, 2.05) is 50.2 Å². The van der Waals surface area contributed by atoms with Crippen LogP contribution >= 0.6 is 0 Å². The molecule has 0 bridgehead atoms. The molecule has 1 atom stereocenters. The van der Waals surface area contributed by atoms with E-state index < -0.39 is 16.1 Å². The lowest BCUT2D eigenvalue weighted by atomic mass is 10.1. The van der Waals surface area contributed by atoms with Gasteiger partial charge < -0.3 is 9.84 Å². The van der Waals surface area contributed by atoms with Gasteiger partial charge in [-0.2, -0.15) is 0 Å². The highest BCUT2D eigenvalue weighted by Crippen LogP contribution is 2.41. The van der Waals surface area contributed by atoms with Crippen molar-refractivity contribution >= 4 is 26.5 Å². The van der Waals surface area contributed by atoms with Crippen molar-refractivity contribution in [3.8, 4) is 5.75 Å². The summed E-state index contributed by atoms with van der Waals surface area (Å²) in [6.07, 6.45) is -0.954. The Morgan fingerprint density at radius 1 is 1.07 bits per heavy atom. The van der Waals surface area contributed by atoms with Gasteiger partial charge in [0.1, 0.15) is 18.5 Å². The number of hydrogen-bond acceptors (Lipinski definition) is 4. The van der Waals surface area contributed by atoms with E-state index in [0.717, 1.165) is 16.5 Å². The predicted octanol–water partition coefficient (Wildman–Crippen LogP) is 3.41. The number of aliphatic hydroxyl groups excluding tert-OH is 1. The summed E-state index contributed by atoms with van der Waals surface area (Å²) in [5.41, 5.74) is 2.64. The number of hydrogen-bond donors (Lipinski definition) is 1. The molecule has 0 fully saturated rings. The lowest BCUT2D eigenvalue weighted by Gasteiger charge is -2.22. The van der Waals surface area contributed by atoms with Crippen molar-refractivity contribution in [1.82, 2.24) is 0 Å². The monoisotopic (exact) mass is 383 g/mol. The molecule has 3 aromatic carbocycles. The average Bonchev–Trinajstić information content (AvgIpc) is 2.86. The van der Waals surface area contributed by atoms with Crippen LogP contribution in [-0.2, 0) is 10.0 Å². The molecule has 1 unspecified atom stereocenters. The summed E-state index contributed by atoms with van der Waals surface area (Å²) in [5.74, 6) is 0.698. The van der Waals surface area contributed by atoms with Gasteiger partial charge in [-0.05, 0) is 48.6 Å². The van der Waals surface area contributed by atoms with Crippen LogP contribution in [0.1, 0.15) is 11.1 Å². The highest BCUT2D eigenvalue weighted by Gasteiger charge is 2.36. The Kier molecular flexibility index (Phi) is 4.32.